The highest BCUT2D eigenvalue weighted by molar-refractivity contribution is 5.75. The Morgan fingerprint density at radius 3 is 2.03 bits per heavy atom. The van der Waals surface area contributed by atoms with Crippen LogP contribution in [0.2, 0.25) is 0 Å². The molecule has 0 atom stereocenters. The van der Waals surface area contributed by atoms with E-state index in [9.17, 15) is 9.90 Å². The highest BCUT2D eigenvalue weighted by Gasteiger charge is 2.19. The average molecular weight is 468 g/mol. The predicted octanol–water partition coefficient (Wildman–Crippen LogP) is -0.901. The van der Waals surface area contributed by atoms with Gasteiger partial charge in [0.05, 0.1) is 27.2 Å². The van der Waals surface area contributed by atoms with Gasteiger partial charge in [-0.05, 0) is 6.42 Å². The number of nitrogens with one attached hydrogen (secondary N) is 1. The largest absolute Gasteiger partial charge is 1.00 e. The summed E-state index contributed by atoms with van der Waals surface area (Å²) in [6.07, 6.45) is 11.5. The number of hydrogen-bond acceptors (Lipinski definition) is 5. The number of quaternary nitrogens is 1. The van der Waals surface area contributed by atoms with Crippen LogP contribution < -0.4 is 17.7 Å². The van der Waals surface area contributed by atoms with Gasteiger partial charge in [-0.3, -0.25) is 9.69 Å². The van der Waals surface area contributed by atoms with Gasteiger partial charge in [-0.1, -0.05) is 58.3 Å². The van der Waals surface area contributed by atoms with Gasteiger partial charge in [0.25, 0.3) is 0 Å². The van der Waals surface area contributed by atoms with E-state index in [4.69, 9.17) is 10.2 Å². The van der Waals surface area contributed by atoms with E-state index in [1.807, 2.05) is 14.1 Å². The fraction of sp³-hybridized carbons (Fsp3) is 0.957. The molecule has 7 nitrogen and oxygen atoms in total. The number of halogens is 1. The first-order valence-electron chi connectivity index (χ1n) is 12.1. The third-order valence-electron chi connectivity index (χ3n) is 5.57. The van der Waals surface area contributed by atoms with E-state index in [1.165, 1.54) is 44.9 Å². The fourth-order valence-electron chi connectivity index (χ4n) is 3.77. The number of carbonyl (C=O) groups excluding carboxylic acids is 1. The van der Waals surface area contributed by atoms with Crippen LogP contribution in [0.5, 0.6) is 0 Å². The zero-order valence-corrected chi connectivity index (χ0v) is 21.1. The molecular formula is C23H50ClN3O4. The molecule has 0 rings (SSSR count). The van der Waals surface area contributed by atoms with E-state index in [1.54, 1.807) is 0 Å². The van der Waals surface area contributed by atoms with Crippen molar-refractivity contribution < 1.29 is 37.0 Å². The second kappa shape index (κ2) is 21.4. The smallest absolute Gasteiger partial charge is 0.220 e. The molecule has 0 heterocycles. The van der Waals surface area contributed by atoms with Gasteiger partial charge in [-0.15, -0.1) is 0 Å². The van der Waals surface area contributed by atoms with Crippen molar-refractivity contribution in [2.75, 3.05) is 60.0 Å². The van der Waals surface area contributed by atoms with Gasteiger partial charge in [0, 0.05) is 39.0 Å². The number of likely N-dealkylation sites (N-methyl/N-ethyl adjacent to an activating group) is 1. The Hall–Kier alpha value is -0.440. The topological polar surface area (TPSA) is 93.0 Å². The second-order valence-electron chi connectivity index (χ2n) is 9.17. The molecule has 1 amide bonds. The summed E-state index contributed by atoms with van der Waals surface area (Å²) in [7, 11) is 3.95. The van der Waals surface area contributed by atoms with Gasteiger partial charge >= 0.3 is 0 Å². The molecule has 31 heavy (non-hydrogen) atoms. The molecule has 0 unspecified atom stereocenters. The molecule has 8 heteroatoms. The zero-order valence-electron chi connectivity index (χ0n) is 20.3. The summed E-state index contributed by atoms with van der Waals surface area (Å²) in [5.74, 6) is 0.122. The van der Waals surface area contributed by atoms with Gasteiger partial charge in [0.15, 0.2) is 0 Å². The van der Waals surface area contributed by atoms with Crippen molar-refractivity contribution in [3.05, 3.63) is 0 Å². The van der Waals surface area contributed by atoms with E-state index in [2.05, 4.69) is 17.1 Å². The van der Waals surface area contributed by atoms with Crippen LogP contribution >= 0.6 is 0 Å². The summed E-state index contributed by atoms with van der Waals surface area (Å²) < 4.78 is 0.542. The molecule has 0 aliphatic rings. The molecule has 0 aromatic carbocycles. The fourth-order valence-corrected chi connectivity index (χ4v) is 3.77. The quantitative estimate of drug-likeness (QED) is 0.0997. The Morgan fingerprint density at radius 1 is 0.903 bits per heavy atom. The number of carbonyl (C=O) groups is 1. The average Bonchev–Trinajstić information content (AvgIpc) is 2.65. The number of amides is 1. The van der Waals surface area contributed by atoms with Gasteiger partial charge in [-0.25, -0.2) is 0 Å². The number of aliphatic hydroxyl groups excluding tert-OH is 2. The minimum absolute atomic E-state index is 0. The summed E-state index contributed by atoms with van der Waals surface area (Å²) in [6.45, 7) is 6.19. The lowest BCUT2D eigenvalue weighted by atomic mass is 10.1. The molecule has 0 spiro atoms. The standard InChI is InChI=1S/C23H49N3O4.ClH/c1-4-5-6-7-8-9-10-11-12-14-22(28)24-15-17-25(18-20-27)16-13-19-26(2,3)21-23(29)30;/h23,27,29-30H,4-21H2,1-3H3;1H. The van der Waals surface area contributed by atoms with Crippen LogP contribution in [0.3, 0.4) is 0 Å². The minimum Gasteiger partial charge on any atom is -1.00 e. The summed E-state index contributed by atoms with van der Waals surface area (Å²) in [5.41, 5.74) is 0. The van der Waals surface area contributed by atoms with Gasteiger partial charge in [0.2, 0.25) is 12.2 Å². The molecular weight excluding hydrogens is 418 g/mol. The van der Waals surface area contributed by atoms with E-state index < -0.39 is 6.29 Å². The van der Waals surface area contributed by atoms with E-state index in [0.29, 0.717) is 30.5 Å². The summed E-state index contributed by atoms with van der Waals surface area (Å²) in [4.78, 5) is 14.2. The van der Waals surface area contributed by atoms with Crippen molar-refractivity contribution in [2.24, 2.45) is 0 Å². The molecule has 0 aliphatic carbocycles. The Bertz CT molecular complexity index is 412. The molecule has 0 aliphatic heterocycles. The normalized spacial score (nSPS) is 11.7. The lowest BCUT2D eigenvalue weighted by Gasteiger charge is -2.31. The van der Waals surface area contributed by atoms with E-state index in [-0.39, 0.29) is 24.9 Å². The van der Waals surface area contributed by atoms with Crippen LogP contribution in [0.4, 0.5) is 0 Å². The lowest BCUT2D eigenvalue weighted by molar-refractivity contribution is -0.896. The van der Waals surface area contributed by atoms with Crippen LogP contribution in [-0.2, 0) is 4.79 Å². The zero-order chi connectivity index (χ0) is 22.7. The third kappa shape index (κ3) is 22.5. The maximum absolute atomic E-state index is 12.0. The van der Waals surface area contributed by atoms with E-state index >= 15 is 0 Å². The molecule has 0 saturated heterocycles. The van der Waals surface area contributed by atoms with Crippen molar-refractivity contribution >= 4 is 5.91 Å². The molecule has 0 saturated carbocycles. The number of unbranched alkanes of at least 4 members (excludes halogenated alkanes) is 8. The highest BCUT2D eigenvalue weighted by atomic mass is 35.5. The first kappa shape index (κ1) is 32.7. The first-order chi connectivity index (χ1) is 14.3. The van der Waals surface area contributed by atoms with Crippen LogP contribution in [0, 0.1) is 0 Å². The molecule has 0 radical (unpaired) electrons. The third-order valence-corrected chi connectivity index (χ3v) is 5.57. The Balaban J connectivity index is 0. The highest BCUT2D eigenvalue weighted by Crippen LogP contribution is 2.10. The summed E-state index contributed by atoms with van der Waals surface area (Å²) in [6, 6.07) is 0. The maximum atomic E-state index is 12.0. The van der Waals surface area contributed by atoms with Gasteiger partial charge in [-0.2, -0.15) is 0 Å². The number of aliphatic hydroxyl groups is 3. The van der Waals surface area contributed by atoms with Crippen molar-refractivity contribution in [1.82, 2.24) is 10.2 Å². The molecule has 0 aromatic rings. The molecule has 0 aromatic heterocycles. The Labute approximate surface area is 197 Å². The Kier molecular flexibility index (Phi) is 22.6. The molecule has 0 fully saturated rings. The van der Waals surface area contributed by atoms with Crippen molar-refractivity contribution in [3.63, 3.8) is 0 Å². The van der Waals surface area contributed by atoms with Crippen LogP contribution in [0.15, 0.2) is 0 Å². The first-order valence-corrected chi connectivity index (χ1v) is 12.1. The monoisotopic (exact) mass is 467 g/mol. The number of nitrogens with zero attached hydrogens (tertiary/aromatic N) is 2. The van der Waals surface area contributed by atoms with Gasteiger partial charge < -0.3 is 37.5 Å². The van der Waals surface area contributed by atoms with Crippen LogP contribution in [0.25, 0.3) is 0 Å². The van der Waals surface area contributed by atoms with Crippen molar-refractivity contribution in [2.45, 2.75) is 83.8 Å². The number of hydrogen-bond donors (Lipinski definition) is 4. The second-order valence-corrected chi connectivity index (χ2v) is 9.17. The van der Waals surface area contributed by atoms with Crippen molar-refractivity contribution in [3.8, 4) is 0 Å². The summed E-state index contributed by atoms with van der Waals surface area (Å²) >= 11 is 0. The van der Waals surface area contributed by atoms with Crippen molar-refractivity contribution in [1.29, 1.82) is 0 Å². The minimum atomic E-state index is -1.30. The maximum Gasteiger partial charge on any atom is 0.220 e. The lowest BCUT2D eigenvalue weighted by Crippen LogP contribution is -3.00. The molecule has 0 bridgehead atoms. The summed E-state index contributed by atoms with van der Waals surface area (Å²) in [5, 5.41) is 30.6. The SMILES string of the molecule is CCCCCCCCCCCC(=O)NCCN(CCO)CCC[N+](C)(C)CC(O)O.[Cl-]. The predicted molar refractivity (Wildman–Crippen MR) is 123 cm³/mol. The Morgan fingerprint density at radius 2 is 1.48 bits per heavy atom. The van der Waals surface area contributed by atoms with E-state index in [0.717, 1.165) is 38.9 Å². The molecule has 188 valence electrons. The van der Waals surface area contributed by atoms with Crippen LogP contribution in [0.1, 0.15) is 77.6 Å². The molecule has 4 N–H and O–H groups in total. The number of rotatable bonds is 21. The van der Waals surface area contributed by atoms with Gasteiger partial charge in [0.1, 0.15) is 6.54 Å². The van der Waals surface area contributed by atoms with Crippen LogP contribution in [-0.4, -0.2) is 96.9 Å².